The Bertz CT molecular complexity index is 3150. The van der Waals surface area contributed by atoms with Gasteiger partial charge in [-0.3, -0.25) is 4.40 Å². The summed E-state index contributed by atoms with van der Waals surface area (Å²) < 4.78 is 4.87. The van der Waals surface area contributed by atoms with E-state index in [1.165, 1.54) is 75.1 Å². The Morgan fingerprint density at radius 1 is 0.423 bits per heavy atom. The van der Waals surface area contributed by atoms with Crippen LogP contribution in [0.15, 0.2) is 182 Å². The van der Waals surface area contributed by atoms with Crippen LogP contribution >= 0.6 is 11.3 Å². The smallest absolute Gasteiger partial charge is 0.156 e. The summed E-state index contributed by atoms with van der Waals surface area (Å²) in [7, 11) is 0. The maximum Gasteiger partial charge on any atom is 0.156 e. The van der Waals surface area contributed by atoms with Gasteiger partial charge in [0.05, 0.1) is 21.4 Å². The lowest BCUT2D eigenvalue weighted by molar-refractivity contribution is 1.25. The highest BCUT2D eigenvalue weighted by atomic mass is 32.1. The highest BCUT2D eigenvalue weighted by Crippen LogP contribution is 2.44. The summed E-state index contributed by atoms with van der Waals surface area (Å²) in [5, 5.41) is 7.63. The lowest BCUT2D eigenvalue weighted by Gasteiger charge is -2.14. The van der Waals surface area contributed by atoms with Gasteiger partial charge in [0.2, 0.25) is 0 Å². The molecule has 0 saturated carbocycles. The Morgan fingerprint density at radius 2 is 1.00 bits per heavy atom. The molecule has 0 N–H and O–H groups in total. The van der Waals surface area contributed by atoms with Gasteiger partial charge in [0, 0.05) is 15.5 Å². The van der Waals surface area contributed by atoms with E-state index in [4.69, 9.17) is 4.98 Å². The predicted molar refractivity (Wildman–Crippen MR) is 222 cm³/mol. The van der Waals surface area contributed by atoms with Crippen molar-refractivity contribution >= 4 is 69.7 Å². The fraction of sp³-hybridized carbons (Fsp3) is 0. The van der Waals surface area contributed by atoms with Crippen LogP contribution in [0.3, 0.4) is 0 Å². The van der Waals surface area contributed by atoms with Gasteiger partial charge >= 0.3 is 0 Å². The van der Waals surface area contributed by atoms with Crippen LogP contribution in [0.2, 0.25) is 0 Å². The van der Waals surface area contributed by atoms with Crippen LogP contribution in [0.5, 0.6) is 0 Å². The maximum atomic E-state index is 5.23. The molecule has 0 bridgehead atoms. The Labute approximate surface area is 304 Å². The van der Waals surface area contributed by atoms with E-state index in [9.17, 15) is 0 Å². The molecule has 11 aromatic rings. The quantitative estimate of drug-likeness (QED) is 0.181. The molecule has 3 aromatic heterocycles. The molecule has 0 fully saturated rings. The molecule has 0 amide bonds. The first kappa shape index (κ1) is 29.2. The van der Waals surface area contributed by atoms with Crippen molar-refractivity contribution in [1.29, 1.82) is 0 Å². The van der Waals surface area contributed by atoms with E-state index in [1.54, 1.807) is 0 Å². The number of hydrogen-bond donors (Lipinski definition) is 0. The van der Waals surface area contributed by atoms with Gasteiger partial charge in [-0.05, 0) is 84.8 Å². The molecular weight excluding hydrogens is 649 g/mol. The molecule has 8 aromatic carbocycles. The summed E-state index contributed by atoms with van der Waals surface area (Å²) in [6, 6.07) is 66.1. The molecule has 0 atom stereocenters. The summed E-state index contributed by atoms with van der Waals surface area (Å²) in [5.41, 5.74) is 12.8. The fourth-order valence-corrected chi connectivity index (χ4v) is 9.31. The summed E-state index contributed by atoms with van der Waals surface area (Å²) in [6.45, 7) is 0. The third-order valence-electron chi connectivity index (χ3n) is 10.6. The van der Waals surface area contributed by atoms with Gasteiger partial charge in [-0.25, -0.2) is 4.98 Å². The van der Waals surface area contributed by atoms with E-state index in [2.05, 4.69) is 186 Å². The molecular formula is C49H30N2S. The first-order valence-corrected chi connectivity index (χ1v) is 18.5. The monoisotopic (exact) mass is 678 g/mol. The van der Waals surface area contributed by atoms with E-state index in [-0.39, 0.29) is 0 Å². The van der Waals surface area contributed by atoms with Crippen molar-refractivity contribution in [3.05, 3.63) is 182 Å². The lowest BCUT2D eigenvalue weighted by Crippen LogP contribution is -1.93. The minimum atomic E-state index is 1.01. The molecule has 2 nitrogen and oxygen atoms in total. The number of thiophene rings is 1. The van der Waals surface area contributed by atoms with Crippen LogP contribution in [-0.2, 0) is 0 Å². The van der Waals surface area contributed by atoms with Gasteiger partial charge in [-0.2, -0.15) is 0 Å². The second kappa shape index (κ2) is 11.5. The fourth-order valence-electron chi connectivity index (χ4n) is 8.13. The zero-order valence-electron chi connectivity index (χ0n) is 28.1. The van der Waals surface area contributed by atoms with Crippen molar-refractivity contribution in [2.24, 2.45) is 0 Å². The van der Waals surface area contributed by atoms with Crippen molar-refractivity contribution in [1.82, 2.24) is 9.38 Å². The van der Waals surface area contributed by atoms with Crippen molar-refractivity contribution in [2.75, 3.05) is 0 Å². The van der Waals surface area contributed by atoms with E-state index in [1.807, 2.05) is 11.3 Å². The van der Waals surface area contributed by atoms with E-state index in [0.717, 1.165) is 27.9 Å². The first-order chi connectivity index (χ1) is 25.8. The molecule has 0 radical (unpaired) electrons. The van der Waals surface area contributed by atoms with Gasteiger partial charge in [-0.15, -0.1) is 11.3 Å². The molecule has 242 valence electrons. The molecule has 11 rings (SSSR count). The van der Waals surface area contributed by atoms with Crippen LogP contribution in [0.1, 0.15) is 0 Å². The lowest BCUT2D eigenvalue weighted by atomic mass is 9.91. The van der Waals surface area contributed by atoms with Crippen LogP contribution in [0.25, 0.3) is 103 Å². The number of fused-ring (bicyclic) bond motifs is 10. The predicted octanol–water partition coefficient (Wildman–Crippen LogP) is 13.8. The minimum absolute atomic E-state index is 1.01. The molecule has 0 aliphatic carbocycles. The number of hydrogen-bond acceptors (Lipinski definition) is 2. The summed E-state index contributed by atoms with van der Waals surface area (Å²) in [6.07, 6.45) is 0. The van der Waals surface area contributed by atoms with E-state index in [0.29, 0.717) is 0 Å². The first-order valence-electron chi connectivity index (χ1n) is 17.7. The summed E-state index contributed by atoms with van der Waals surface area (Å²) in [5.74, 6) is 0. The normalized spacial score (nSPS) is 11.8. The molecule has 0 saturated heterocycles. The number of pyridine rings is 1. The van der Waals surface area contributed by atoms with Gasteiger partial charge in [-0.1, -0.05) is 158 Å². The molecule has 0 aliphatic rings. The number of para-hydroxylation sites is 2. The molecule has 3 heterocycles. The van der Waals surface area contributed by atoms with Gasteiger partial charge in [0.25, 0.3) is 0 Å². The summed E-state index contributed by atoms with van der Waals surface area (Å²) in [4.78, 5) is 5.23. The Balaban J connectivity index is 1.06. The third kappa shape index (κ3) is 4.46. The summed E-state index contributed by atoms with van der Waals surface area (Å²) >= 11 is 1.84. The zero-order valence-corrected chi connectivity index (χ0v) is 28.9. The van der Waals surface area contributed by atoms with Crippen molar-refractivity contribution in [3.8, 4) is 44.6 Å². The number of rotatable bonds is 4. The standard InChI is InChI=1S/C49H30N2S/c1-2-10-31(11-3-1)32-18-20-34(21-19-32)37-27-28-38(41-15-7-6-14-40(37)41)35-22-24-36(25-23-35)45-30-42-47-39-13-5-4-12-33(39)26-29-46(47)52-48(42)49-50-43-16-8-9-17-44(43)51(45)49/h1-30H. The largest absolute Gasteiger partial charge is 0.291 e. The topological polar surface area (TPSA) is 17.3 Å². The maximum absolute atomic E-state index is 5.23. The number of imidazole rings is 1. The molecule has 0 spiro atoms. The second-order valence-corrected chi connectivity index (χ2v) is 14.6. The molecule has 3 heteroatoms. The average Bonchev–Trinajstić information content (AvgIpc) is 3.80. The average molecular weight is 679 g/mol. The van der Waals surface area contributed by atoms with Gasteiger partial charge in [0.1, 0.15) is 0 Å². The number of benzene rings is 8. The van der Waals surface area contributed by atoms with Crippen molar-refractivity contribution in [3.63, 3.8) is 0 Å². The van der Waals surface area contributed by atoms with Gasteiger partial charge < -0.3 is 0 Å². The second-order valence-electron chi connectivity index (χ2n) is 13.5. The van der Waals surface area contributed by atoms with E-state index >= 15 is 0 Å². The third-order valence-corrected chi connectivity index (χ3v) is 11.8. The Morgan fingerprint density at radius 3 is 1.73 bits per heavy atom. The van der Waals surface area contributed by atoms with Crippen LogP contribution in [0, 0.1) is 0 Å². The molecule has 0 aliphatic heterocycles. The van der Waals surface area contributed by atoms with Gasteiger partial charge in [0.15, 0.2) is 5.65 Å². The van der Waals surface area contributed by atoms with Crippen molar-refractivity contribution in [2.45, 2.75) is 0 Å². The van der Waals surface area contributed by atoms with E-state index < -0.39 is 0 Å². The van der Waals surface area contributed by atoms with Crippen molar-refractivity contribution < 1.29 is 0 Å². The number of aromatic nitrogens is 2. The number of nitrogens with zero attached hydrogens (tertiary/aromatic N) is 2. The van der Waals surface area contributed by atoms with Crippen LogP contribution < -0.4 is 0 Å². The zero-order chi connectivity index (χ0) is 34.2. The van der Waals surface area contributed by atoms with Crippen LogP contribution in [-0.4, -0.2) is 9.38 Å². The Kier molecular flexibility index (Phi) is 6.46. The highest BCUT2D eigenvalue weighted by Gasteiger charge is 2.19. The van der Waals surface area contributed by atoms with Crippen LogP contribution in [0.4, 0.5) is 0 Å². The minimum Gasteiger partial charge on any atom is -0.291 e. The SMILES string of the molecule is c1ccc(-c2ccc(-c3ccc(-c4ccc(-c5cc6c(sc7ccc8ccccc8c76)c6nc7ccccc7n56)cc4)c4ccccc34)cc2)cc1. The highest BCUT2D eigenvalue weighted by molar-refractivity contribution is 7.26. The molecule has 52 heavy (non-hydrogen) atoms. The molecule has 0 unspecified atom stereocenters. The Hall–Kier alpha value is -6.55.